The van der Waals surface area contributed by atoms with Crippen molar-refractivity contribution in [3.63, 3.8) is 0 Å². The van der Waals surface area contributed by atoms with Crippen LogP contribution in [-0.4, -0.2) is 42.9 Å². The predicted molar refractivity (Wildman–Crippen MR) is 97.7 cm³/mol. The van der Waals surface area contributed by atoms with Gasteiger partial charge in [0.25, 0.3) is 17.7 Å². The Kier molecular flexibility index (Phi) is 5.69. The Morgan fingerprint density at radius 1 is 1.07 bits per heavy atom. The van der Waals surface area contributed by atoms with E-state index in [1.165, 1.54) is 37.4 Å². The number of carbonyl (C=O) groups is 3. The highest BCUT2D eigenvalue weighted by molar-refractivity contribution is 6.22. The molecule has 0 aromatic heterocycles. The van der Waals surface area contributed by atoms with Crippen molar-refractivity contribution in [3.8, 4) is 0 Å². The summed E-state index contributed by atoms with van der Waals surface area (Å²) in [6.45, 7) is 0.542. The number of fused-ring (bicyclic) bond motifs is 1. The maximum absolute atomic E-state index is 13.1. The van der Waals surface area contributed by atoms with Gasteiger partial charge >= 0.3 is 6.18 Å². The number of rotatable bonds is 6. The topological polar surface area (TPSA) is 75.7 Å². The summed E-state index contributed by atoms with van der Waals surface area (Å²) in [6.07, 6.45) is -4.17. The standard InChI is InChI=1S/C20H17F3N2O4/c1-29-10-4-9-25-18(27)13-8-7-12(11-14(13)19(25)28)17(26)24-16-6-3-2-5-15(16)20(21,22)23/h2-3,5-8,11H,4,9-10H2,1H3,(H,24,26). The lowest BCUT2D eigenvalue weighted by molar-refractivity contribution is -0.136. The van der Waals surface area contributed by atoms with Crippen LogP contribution in [0.2, 0.25) is 0 Å². The van der Waals surface area contributed by atoms with Crippen LogP contribution in [0.25, 0.3) is 0 Å². The molecule has 0 fully saturated rings. The summed E-state index contributed by atoms with van der Waals surface area (Å²) >= 11 is 0. The van der Waals surface area contributed by atoms with Crippen LogP contribution in [0.5, 0.6) is 0 Å². The van der Waals surface area contributed by atoms with Gasteiger partial charge < -0.3 is 10.1 Å². The van der Waals surface area contributed by atoms with Gasteiger partial charge in [-0.3, -0.25) is 19.3 Å². The summed E-state index contributed by atoms with van der Waals surface area (Å²) < 4.78 is 44.2. The lowest BCUT2D eigenvalue weighted by Crippen LogP contribution is -2.31. The molecule has 3 rings (SSSR count). The number of anilines is 1. The number of para-hydroxylation sites is 1. The van der Waals surface area contributed by atoms with E-state index in [9.17, 15) is 27.6 Å². The van der Waals surface area contributed by atoms with E-state index < -0.39 is 35.1 Å². The molecule has 0 bridgehead atoms. The lowest BCUT2D eigenvalue weighted by atomic mass is 10.0. The van der Waals surface area contributed by atoms with E-state index in [2.05, 4.69) is 5.32 Å². The van der Waals surface area contributed by atoms with Gasteiger partial charge in [0.1, 0.15) is 0 Å². The van der Waals surface area contributed by atoms with E-state index in [-0.39, 0.29) is 23.2 Å². The Morgan fingerprint density at radius 2 is 1.76 bits per heavy atom. The molecular weight excluding hydrogens is 389 g/mol. The zero-order valence-electron chi connectivity index (χ0n) is 15.4. The predicted octanol–water partition coefficient (Wildman–Crippen LogP) is 3.59. The Balaban J connectivity index is 1.83. The van der Waals surface area contributed by atoms with E-state index in [0.29, 0.717) is 13.0 Å². The highest BCUT2D eigenvalue weighted by Crippen LogP contribution is 2.35. The van der Waals surface area contributed by atoms with Gasteiger partial charge in [-0.05, 0) is 36.8 Å². The Bertz CT molecular complexity index is 972. The van der Waals surface area contributed by atoms with Gasteiger partial charge in [0.2, 0.25) is 0 Å². The molecule has 0 unspecified atom stereocenters. The van der Waals surface area contributed by atoms with Gasteiger partial charge in [-0.1, -0.05) is 12.1 Å². The van der Waals surface area contributed by atoms with E-state index in [0.717, 1.165) is 17.0 Å². The fourth-order valence-electron chi connectivity index (χ4n) is 3.04. The number of nitrogens with one attached hydrogen (secondary N) is 1. The number of methoxy groups -OCH3 is 1. The van der Waals surface area contributed by atoms with Crippen LogP contribution in [0.15, 0.2) is 42.5 Å². The van der Waals surface area contributed by atoms with Crippen molar-refractivity contribution in [1.82, 2.24) is 4.90 Å². The summed E-state index contributed by atoms with van der Waals surface area (Å²) in [5.74, 6) is -1.84. The van der Waals surface area contributed by atoms with E-state index in [1.807, 2.05) is 0 Å². The molecule has 0 saturated heterocycles. The first kappa shape index (κ1) is 20.5. The van der Waals surface area contributed by atoms with Crippen LogP contribution in [0, 0.1) is 0 Å². The molecule has 0 spiro atoms. The number of hydrogen-bond acceptors (Lipinski definition) is 4. The molecule has 152 valence electrons. The molecule has 2 aromatic rings. The fraction of sp³-hybridized carbons (Fsp3) is 0.250. The summed E-state index contributed by atoms with van der Waals surface area (Å²) in [5.41, 5.74) is -1.20. The smallest absolute Gasteiger partial charge is 0.385 e. The third-order valence-corrected chi connectivity index (χ3v) is 4.44. The third-order valence-electron chi connectivity index (χ3n) is 4.44. The van der Waals surface area contributed by atoms with Gasteiger partial charge in [0.15, 0.2) is 0 Å². The van der Waals surface area contributed by atoms with E-state index in [1.54, 1.807) is 0 Å². The minimum absolute atomic E-state index is 0.0272. The maximum atomic E-state index is 13.1. The summed E-state index contributed by atoms with van der Waals surface area (Å²) in [6, 6.07) is 8.44. The zero-order valence-corrected chi connectivity index (χ0v) is 15.4. The summed E-state index contributed by atoms with van der Waals surface area (Å²) in [5, 5.41) is 2.22. The first-order valence-corrected chi connectivity index (χ1v) is 8.71. The second-order valence-corrected chi connectivity index (χ2v) is 6.37. The normalized spacial score (nSPS) is 13.6. The molecule has 1 aliphatic rings. The van der Waals surface area contributed by atoms with Crippen LogP contribution in [-0.2, 0) is 10.9 Å². The molecule has 3 amide bonds. The molecule has 2 aromatic carbocycles. The molecule has 0 saturated carbocycles. The number of amides is 3. The number of imide groups is 1. The van der Waals surface area contributed by atoms with Crippen LogP contribution >= 0.6 is 0 Å². The monoisotopic (exact) mass is 406 g/mol. The van der Waals surface area contributed by atoms with Gasteiger partial charge in [0.05, 0.1) is 22.4 Å². The molecule has 6 nitrogen and oxygen atoms in total. The average Bonchev–Trinajstić information content (AvgIpc) is 2.92. The second-order valence-electron chi connectivity index (χ2n) is 6.37. The maximum Gasteiger partial charge on any atom is 0.418 e. The summed E-state index contributed by atoms with van der Waals surface area (Å²) in [7, 11) is 1.50. The minimum atomic E-state index is -4.63. The average molecular weight is 406 g/mol. The molecule has 0 radical (unpaired) electrons. The van der Waals surface area contributed by atoms with Gasteiger partial charge in [-0.15, -0.1) is 0 Å². The van der Waals surface area contributed by atoms with Crippen molar-refractivity contribution in [2.75, 3.05) is 25.6 Å². The van der Waals surface area contributed by atoms with Gasteiger partial charge in [-0.2, -0.15) is 13.2 Å². The highest BCUT2D eigenvalue weighted by atomic mass is 19.4. The quantitative estimate of drug-likeness (QED) is 0.588. The first-order chi connectivity index (χ1) is 13.7. The number of nitrogens with zero attached hydrogens (tertiary/aromatic N) is 1. The molecule has 9 heteroatoms. The number of ether oxygens (including phenoxy) is 1. The van der Waals surface area contributed by atoms with Crippen molar-refractivity contribution in [3.05, 3.63) is 64.7 Å². The van der Waals surface area contributed by atoms with Crippen molar-refractivity contribution in [2.24, 2.45) is 0 Å². The van der Waals surface area contributed by atoms with Crippen LogP contribution < -0.4 is 5.32 Å². The Labute approximate surface area is 164 Å². The molecule has 1 heterocycles. The van der Waals surface area contributed by atoms with Gasteiger partial charge in [-0.25, -0.2) is 0 Å². The third kappa shape index (κ3) is 4.14. The molecular formula is C20H17F3N2O4. The van der Waals surface area contributed by atoms with Crippen molar-refractivity contribution >= 4 is 23.4 Å². The highest BCUT2D eigenvalue weighted by Gasteiger charge is 2.36. The van der Waals surface area contributed by atoms with Crippen LogP contribution in [0.1, 0.15) is 43.1 Å². The molecule has 0 atom stereocenters. The van der Waals surface area contributed by atoms with Gasteiger partial charge in [0, 0.05) is 25.8 Å². The first-order valence-electron chi connectivity index (χ1n) is 8.71. The second kappa shape index (κ2) is 8.04. The molecule has 29 heavy (non-hydrogen) atoms. The number of carbonyl (C=O) groups excluding carboxylic acids is 3. The van der Waals surface area contributed by atoms with Crippen molar-refractivity contribution in [1.29, 1.82) is 0 Å². The SMILES string of the molecule is COCCCN1C(=O)c2ccc(C(=O)Nc3ccccc3C(F)(F)F)cc2C1=O. The lowest BCUT2D eigenvalue weighted by Gasteiger charge is -2.13. The van der Waals surface area contributed by atoms with E-state index in [4.69, 9.17) is 4.74 Å². The molecule has 1 N–H and O–H groups in total. The van der Waals surface area contributed by atoms with Crippen molar-refractivity contribution in [2.45, 2.75) is 12.6 Å². The zero-order chi connectivity index (χ0) is 21.2. The van der Waals surface area contributed by atoms with Crippen LogP contribution in [0.4, 0.5) is 18.9 Å². The molecule has 1 aliphatic heterocycles. The Hall–Kier alpha value is -3.20. The Morgan fingerprint density at radius 3 is 2.45 bits per heavy atom. The van der Waals surface area contributed by atoms with Crippen LogP contribution in [0.3, 0.4) is 0 Å². The fourth-order valence-corrected chi connectivity index (χ4v) is 3.04. The minimum Gasteiger partial charge on any atom is -0.385 e. The number of hydrogen-bond donors (Lipinski definition) is 1. The molecule has 0 aliphatic carbocycles. The number of alkyl halides is 3. The summed E-state index contributed by atoms with van der Waals surface area (Å²) in [4.78, 5) is 38.4. The van der Waals surface area contributed by atoms with E-state index >= 15 is 0 Å². The largest absolute Gasteiger partial charge is 0.418 e. The number of halogens is 3. The van der Waals surface area contributed by atoms with Crippen molar-refractivity contribution < 1.29 is 32.3 Å². The number of benzene rings is 2.